The van der Waals surface area contributed by atoms with Crippen molar-refractivity contribution >= 4 is 44.8 Å². The van der Waals surface area contributed by atoms with E-state index < -0.39 is 0 Å². The minimum absolute atomic E-state index is 0.398. The Morgan fingerprint density at radius 2 is 2.23 bits per heavy atom. The van der Waals surface area contributed by atoms with Crippen LogP contribution in [0.4, 0.5) is 0 Å². The maximum Gasteiger partial charge on any atom is 0.138 e. The summed E-state index contributed by atoms with van der Waals surface area (Å²) in [4.78, 5) is 4.26. The minimum Gasteiger partial charge on any atom is -0.289 e. The lowest BCUT2D eigenvalue weighted by atomic mass is 10.5. The molecule has 2 heterocycles. The van der Waals surface area contributed by atoms with Gasteiger partial charge in [0.25, 0.3) is 0 Å². The Bertz CT molecular complexity index is 453. The molecule has 0 aromatic carbocycles. The van der Waals surface area contributed by atoms with Crippen LogP contribution in [0.5, 0.6) is 0 Å². The molecule has 0 atom stereocenters. The largest absolute Gasteiger partial charge is 0.289 e. The number of pyridine rings is 1. The van der Waals surface area contributed by atoms with E-state index >= 15 is 0 Å². The molecule has 0 unspecified atom stereocenters. The van der Waals surface area contributed by atoms with Gasteiger partial charge in [0, 0.05) is 6.20 Å². The average Bonchev–Trinajstić information content (AvgIpc) is 2.55. The van der Waals surface area contributed by atoms with Crippen molar-refractivity contribution in [3.05, 3.63) is 33.6 Å². The summed E-state index contributed by atoms with van der Waals surface area (Å²) in [6.07, 6.45) is 1.83. The number of rotatable bonds is 1. The van der Waals surface area contributed by atoms with Crippen LogP contribution in [0.1, 0.15) is 5.69 Å². The Hall–Kier alpha value is -0.250. The molecule has 0 aliphatic rings. The molecular formula is C8H5BrCl2N2. The predicted octanol–water partition coefficient (Wildman–Crippen LogP) is 3.49. The summed E-state index contributed by atoms with van der Waals surface area (Å²) in [7, 11) is 0. The van der Waals surface area contributed by atoms with Gasteiger partial charge in [-0.05, 0) is 28.1 Å². The number of aromatic nitrogens is 2. The number of alkyl halides is 1. The number of hydrogen-bond donors (Lipinski definition) is 0. The topological polar surface area (TPSA) is 17.3 Å². The summed E-state index contributed by atoms with van der Waals surface area (Å²) >= 11 is 15.0. The fourth-order valence-corrected chi connectivity index (χ4v) is 1.77. The zero-order valence-electron chi connectivity index (χ0n) is 6.47. The normalized spacial score (nSPS) is 11.0. The van der Waals surface area contributed by atoms with Gasteiger partial charge in [0.1, 0.15) is 10.8 Å². The third kappa shape index (κ3) is 1.56. The van der Waals surface area contributed by atoms with E-state index in [9.17, 15) is 0 Å². The number of fused-ring (bicyclic) bond motifs is 1. The first-order valence-corrected chi connectivity index (χ1v) is 5.31. The molecule has 2 aromatic rings. The maximum absolute atomic E-state index is 6.03. The number of imidazole rings is 1. The second-order valence-electron chi connectivity index (χ2n) is 2.57. The van der Waals surface area contributed by atoms with Crippen LogP contribution < -0.4 is 0 Å². The van der Waals surface area contributed by atoms with Crippen LogP contribution in [-0.4, -0.2) is 9.38 Å². The highest BCUT2D eigenvalue weighted by Crippen LogP contribution is 2.24. The second-order valence-corrected chi connectivity index (χ2v) is 4.05. The number of halogens is 3. The quantitative estimate of drug-likeness (QED) is 0.577. The second kappa shape index (κ2) is 3.48. The van der Waals surface area contributed by atoms with E-state index in [0.29, 0.717) is 11.0 Å². The Morgan fingerprint density at radius 3 is 2.92 bits per heavy atom. The van der Waals surface area contributed by atoms with Crippen molar-refractivity contribution in [3.63, 3.8) is 0 Å². The van der Waals surface area contributed by atoms with E-state index in [1.807, 2.05) is 18.3 Å². The van der Waals surface area contributed by atoms with Crippen molar-refractivity contribution in [2.24, 2.45) is 0 Å². The molecule has 0 amide bonds. The molecule has 2 rings (SSSR count). The van der Waals surface area contributed by atoms with Crippen molar-refractivity contribution in [1.82, 2.24) is 9.38 Å². The van der Waals surface area contributed by atoms with Gasteiger partial charge in [-0.1, -0.05) is 11.6 Å². The minimum atomic E-state index is 0.398. The standard InChI is InChI=1S/C8H5BrCl2N2/c9-6-1-2-7-12-5(3-10)4-13(7)8(6)11/h1-2,4H,3H2. The monoisotopic (exact) mass is 278 g/mol. The molecule has 0 aliphatic heterocycles. The average molecular weight is 280 g/mol. The van der Waals surface area contributed by atoms with Gasteiger partial charge in [0.2, 0.25) is 0 Å². The highest BCUT2D eigenvalue weighted by molar-refractivity contribution is 9.10. The smallest absolute Gasteiger partial charge is 0.138 e. The Balaban J connectivity index is 2.76. The third-order valence-electron chi connectivity index (χ3n) is 1.71. The highest BCUT2D eigenvalue weighted by Gasteiger charge is 2.05. The lowest BCUT2D eigenvalue weighted by Gasteiger charge is -1.98. The van der Waals surface area contributed by atoms with Crippen LogP contribution in [0.2, 0.25) is 5.15 Å². The van der Waals surface area contributed by atoms with Crippen molar-refractivity contribution in [1.29, 1.82) is 0 Å². The zero-order valence-corrected chi connectivity index (χ0v) is 9.57. The number of hydrogen-bond acceptors (Lipinski definition) is 1. The molecule has 68 valence electrons. The summed E-state index contributed by atoms with van der Waals surface area (Å²) < 4.78 is 2.64. The molecule has 0 fully saturated rings. The van der Waals surface area contributed by atoms with E-state index in [-0.39, 0.29) is 0 Å². The first-order chi connectivity index (χ1) is 6.22. The van der Waals surface area contributed by atoms with Crippen LogP contribution in [0.3, 0.4) is 0 Å². The van der Waals surface area contributed by atoms with Gasteiger partial charge in [-0.15, -0.1) is 11.6 Å². The van der Waals surface area contributed by atoms with Gasteiger partial charge in [0.15, 0.2) is 0 Å². The fraction of sp³-hybridized carbons (Fsp3) is 0.125. The Morgan fingerprint density at radius 1 is 1.46 bits per heavy atom. The zero-order chi connectivity index (χ0) is 9.42. The van der Waals surface area contributed by atoms with Gasteiger partial charge < -0.3 is 0 Å². The third-order valence-corrected chi connectivity index (χ3v) is 3.24. The SMILES string of the molecule is ClCc1cn2c(Cl)c(Br)ccc2n1. The molecule has 5 heteroatoms. The van der Waals surface area contributed by atoms with Crippen molar-refractivity contribution < 1.29 is 0 Å². The van der Waals surface area contributed by atoms with E-state index in [0.717, 1.165) is 15.8 Å². The first-order valence-electron chi connectivity index (χ1n) is 3.60. The molecular weight excluding hydrogens is 275 g/mol. The van der Waals surface area contributed by atoms with Gasteiger partial charge in [0.05, 0.1) is 16.0 Å². The van der Waals surface area contributed by atoms with E-state index in [2.05, 4.69) is 20.9 Å². The molecule has 13 heavy (non-hydrogen) atoms. The van der Waals surface area contributed by atoms with E-state index in [1.165, 1.54) is 0 Å². The van der Waals surface area contributed by atoms with Crippen LogP contribution in [0, 0.1) is 0 Å². The highest BCUT2D eigenvalue weighted by atomic mass is 79.9. The Labute approximate surface area is 93.6 Å². The predicted molar refractivity (Wildman–Crippen MR) is 57.5 cm³/mol. The summed E-state index contributed by atoms with van der Waals surface area (Å²) in [5.41, 5.74) is 1.63. The lowest BCUT2D eigenvalue weighted by Crippen LogP contribution is -1.85. The van der Waals surface area contributed by atoms with Gasteiger partial charge >= 0.3 is 0 Å². The van der Waals surface area contributed by atoms with Crippen LogP contribution in [0.25, 0.3) is 5.65 Å². The Kier molecular flexibility index (Phi) is 2.49. The first kappa shape index (κ1) is 9.31. The summed E-state index contributed by atoms with van der Waals surface area (Å²) in [5.74, 6) is 0.398. The molecule has 0 radical (unpaired) electrons. The summed E-state index contributed by atoms with van der Waals surface area (Å²) in [6, 6.07) is 3.74. The molecule has 0 saturated heterocycles. The van der Waals surface area contributed by atoms with Crippen molar-refractivity contribution in [3.8, 4) is 0 Å². The van der Waals surface area contributed by atoms with Crippen LogP contribution in [0.15, 0.2) is 22.8 Å². The van der Waals surface area contributed by atoms with Gasteiger partial charge in [-0.25, -0.2) is 4.98 Å². The van der Waals surface area contributed by atoms with Crippen LogP contribution in [-0.2, 0) is 5.88 Å². The molecule has 0 aliphatic carbocycles. The molecule has 0 N–H and O–H groups in total. The van der Waals surface area contributed by atoms with Crippen molar-refractivity contribution in [2.45, 2.75) is 5.88 Å². The van der Waals surface area contributed by atoms with Crippen LogP contribution >= 0.6 is 39.1 Å². The van der Waals surface area contributed by atoms with Gasteiger partial charge in [-0.3, -0.25) is 4.40 Å². The molecule has 2 aromatic heterocycles. The molecule has 0 bridgehead atoms. The maximum atomic E-state index is 6.03. The number of nitrogens with zero attached hydrogens (tertiary/aromatic N) is 2. The summed E-state index contributed by atoms with van der Waals surface area (Å²) in [6.45, 7) is 0. The summed E-state index contributed by atoms with van der Waals surface area (Å²) in [5, 5.41) is 0.612. The van der Waals surface area contributed by atoms with E-state index in [1.54, 1.807) is 4.40 Å². The lowest BCUT2D eigenvalue weighted by molar-refractivity contribution is 1.17. The fourth-order valence-electron chi connectivity index (χ4n) is 1.12. The molecule has 2 nitrogen and oxygen atoms in total. The van der Waals surface area contributed by atoms with Crippen molar-refractivity contribution in [2.75, 3.05) is 0 Å². The van der Waals surface area contributed by atoms with Gasteiger partial charge in [-0.2, -0.15) is 0 Å². The molecule has 0 spiro atoms. The van der Waals surface area contributed by atoms with E-state index in [4.69, 9.17) is 23.2 Å². The molecule has 0 saturated carbocycles.